The van der Waals surface area contributed by atoms with Crippen LogP contribution in [0.25, 0.3) is 0 Å². The molecule has 2 heteroatoms. The van der Waals surface area contributed by atoms with E-state index in [0.29, 0.717) is 10.8 Å². The molecule has 1 aliphatic rings. The highest BCUT2D eigenvalue weighted by Crippen LogP contribution is 2.49. The zero-order valence-corrected chi connectivity index (χ0v) is 14.9. The average Bonchev–Trinajstić information content (AvgIpc) is 2.56. The van der Waals surface area contributed by atoms with Gasteiger partial charge in [-0.05, 0) is 48.3 Å². The first-order valence-electron chi connectivity index (χ1n) is 8.14. The van der Waals surface area contributed by atoms with E-state index < -0.39 is 0 Å². The van der Waals surface area contributed by atoms with Gasteiger partial charge in [0.15, 0.2) is 6.56 Å². The van der Waals surface area contributed by atoms with Gasteiger partial charge in [0.1, 0.15) is 0 Å². The maximum atomic E-state index is 4.49. The van der Waals surface area contributed by atoms with Crippen molar-refractivity contribution in [1.29, 1.82) is 0 Å². The summed E-state index contributed by atoms with van der Waals surface area (Å²) in [7, 11) is 0. The van der Waals surface area contributed by atoms with Crippen LogP contribution >= 0.6 is 12.5 Å². The molecule has 0 bridgehead atoms. The minimum Gasteiger partial charge on any atom is -0.235 e. The predicted octanol–water partition coefficient (Wildman–Crippen LogP) is 6.00. The standard InChI is InChI=1S/C17H34BS/c1-7-8-17(5,6)11-13-9-14(12-16(2,3)4)15(10-13)18-19/h13-15,19H,7-12H2,1-6H3. The lowest BCUT2D eigenvalue weighted by Crippen LogP contribution is -2.16. The molecule has 0 aromatic rings. The van der Waals surface area contributed by atoms with Crippen LogP contribution in [0.3, 0.4) is 0 Å². The molecule has 0 spiro atoms. The Morgan fingerprint density at radius 3 is 2.16 bits per heavy atom. The molecule has 0 aromatic heterocycles. The Morgan fingerprint density at radius 1 is 1.05 bits per heavy atom. The number of hydrogen-bond donors (Lipinski definition) is 1. The zero-order chi connectivity index (χ0) is 14.7. The summed E-state index contributed by atoms with van der Waals surface area (Å²) in [4.78, 5) is 0. The van der Waals surface area contributed by atoms with Gasteiger partial charge in [0.2, 0.25) is 0 Å². The first kappa shape index (κ1) is 17.5. The van der Waals surface area contributed by atoms with Gasteiger partial charge in [-0.3, -0.25) is 0 Å². The molecule has 0 aromatic carbocycles. The maximum absolute atomic E-state index is 4.49. The van der Waals surface area contributed by atoms with Crippen molar-refractivity contribution >= 4 is 19.0 Å². The Bertz CT molecular complexity index is 267. The van der Waals surface area contributed by atoms with E-state index in [1.165, 1.54) is 38.5 Å². The van der Waals surface area contributed by atoms with Crippen LogP contribution in [0.1, 0.15) is 80.1 Å². The first-order chi connectivity index (χ1) is 8.67. The van der Waals surface area contributed by atoms with Crippen molar-refractivity contribution in [3.8, 4) is 0 Å². The van der Waals surface area contributed by atoms with Gasteiger partial charge >= 0.3 is 0 Å². The number of hydrogen-bond acceptors (Lipinski definition) is 1. The van der Waals surface area contributed by atoms with E-state index in [1.54, 1.807) is 0 Å². The number of rotatable bonds is 6. The smallest absolute Gasteiger partial charge is 0.191 e. The fraction of sp³-hybridized carbons (Fsp3) is 1.00. The zero-order valence-electron chi connectivity index (χ0n) is 14.0. The van der Waals surface area contributed by atoms with Gasteiger partial charge < -0.3 is 0 Å². The maximum Gasteiger partial charge on any atom is 0.191 e. The van der Waals surface area contributed by atoms with Crippen molar-refractivity contribution in [3.63, 3.8) is 0 Å². The molecule has 0 heterocycles. The summed E-state index contributed by atoms with van der Waals surface area (Å²) in [6.07, 6.45) is 8.22. The van der Waals surface area contributed by atoms with Gasteiger partial charge in [-0.15, -0.1) is 0 Å². The molecule has 111 valence electrons. The Balaban J connectivity index is 2.56. The Kier molecular flexibility index (Phi) is 6.36. The third kappa shape index (κ3) is 6.15. The van der Waals surface area contributed by atoms with Gasteiger partial charge in [-0.25, -0.2) is 12.5 Å². The highest BCUT2D eigenvalue weighted by Gasteiger charge is 2.37. The van der Waals surface area contributed by atoms with Crippen molar-refractivity contribution in [3.05, 3.63) is 0 Å². The SMILES string of the molecule is CCCC(C)(C)CC1CC([B]S)C(CC(C)(C)C)C1. The molecule has 1 aliphatic carbocycles. The predicted molar refractivity (Wildman–Crippen MR) is 92.1 cm³/mol. The minimum atomic E-state index is 0.452. The highest BCUT2D eigenvalue weighted by molar-refractivity contribution is 8.07. The molecule has 0 aliphatic heterocycles. The van der Waals surface area contributed by atoms with Crippen LogP contribution in [0.15, 0.2) is 0 Å². The second kappa shape index (κ2) is 6.92. The molecule has 1 saturated carbocycles. The average molecular weight is 281 g/mol. The summed E-state index contributed by atoms with van der Waals surface area (Å²) in [6.45, 7) is 16.5. The molecule has 1 radical (unpaired) electrons. The summed E-state index contributed by atoms with van der Waals surface area (Å²) >= 11 is 4.49. The van der Waals surface area contributed by atoms with Gasteiger partial charge in [0.05, 0.1) is 0 Å². The lowest BCUT2D eigenvalue weighted by molar-refractivity contribution is 0.235. The molecule has 0 nitrogen and oxygen atoms in total. The quantitative estimate of drug-likeness (QED) is 0.448. The van der Waals surface area contributed by atoms with E-state index >= 15 is 0 Å². The van der Waals surface area contributed by atoms with Crippen molar-refractivity contribution in [2.45, 2.75) is 85.9 Å². The molecule has 0 N–H and O–H groups in total. The van der Waals surface area contributed by atoms with E-state index in [2.05, 4.69) is 60.6 Å². The lowest BCUT2D eigenvalue weighted by Gasteiger charge is -2.28. The van der Waals surface area contributed by atoms with Crippen LogP contribution in [0, 0.1) is 22.7 Å². The summed E-state index contributed by atoms with van der Waals surface area (Å²) in [5.41, 5.74) is 0.977. The molecule has 0 amide bonds. The summed E-state index contributed by atoms with van der Waals surface area (Å²) in [5.74, 6) is 2.52. The van der Waals surface area contributed by atoms with E-state index in [4.69, 9.17) is 0 Å². The Labute approximate surface area is 128 Å². The Morgan fingerprint density at radius 2 is 1.68 bits per heavy atom. The van der Waals surface area contributed by atoms with Crippen LogP contribution < -0.4 is 0 Å². The third-order valence-electron chi connectivity index (χ3n) is 4.68. The molecular formula is C17H34BS. The molecular weight excluding hydrogens is 247 g/mol. The van der Waals surface area contributed by atoms with Gasteiger partial charge in [-0.1, -0.05) is 60.2 Å². The fourth-order valence-corrected chi connectivity index (χ4v) is 4.57. The summed E-state index contributed by atoms with van der Waals surface area (Å²) in [5, 5.41) is 0. The molecule has 3 atom stereocenters. The molecule has 0 saturated heterocycles. The van der Waals surface area contributed by atoms with Crippen molar-refractivity contribution in [2.24, 2.45) is 22.7 Å². The topological polar surface area (TPSA) is 0 Å². The first-order valence-corrected chi connectivity index (χ1v) is 8.66. The van der Waals surface area contributed by atoms with Crippen LogP contribution in [0.2, 0.25) is 5.82 Å². The lowest BCUT2D eigenvalue weighted by atomic mass is 9.71. The minimum absolute atomic E-state index is 0.452. The fourth-order valence-electron chi connectivity index (χ4n) is 4.21. The second-order valence-electron chi connectivity index (χ2n) is 8.79. The van der Waals surface area contributed by atoms with E-state index in [0.717, 1.165) is 17.7 Å². The second-order valence-corrected chi connectivity index (χ2v) is 9.09. The van der Waals surface area contributed by atoms with Crippen LogP contribution in [0.4, 0.5) is 0 Å². The monoisotopic (exact) mass is 281 g/mol. The number of thiol groups is 1. The largest absolute Gasteiger partial charge is 0.235 e. The van der Waals surface area contributed by atoms with Crippen molar-refractivity contribution < 1.29 is 0 Å². The van der Waals surface area contributed by atoms with Crippen LogP contribution in [-0.2, 0) is 0 Å². The Hall–Kier alpha value is 0.415. The van der Waals surface area contributed by atoms with Gasteiger partial charge in [-0.2, -0.15) is 0 Å². The highest BCUT2D eigenvalue weighted by atomic mass is 32.1. The van der Waals surface area contributed by atoms with Gasteiger partial charge in [0.25, 0.3) is 0 Å². The third-order valence-corrected chi connectivity index (χ3v) is 5.06. The molecule has 1 rings (SSSR count). The summed E-state index contributed by atoms with van der Waals surface area (Å²) in [6, 6.07) is 0. The van der Waals surface area contributed by atoms with Crippen LogP contribution in [-0.4, -0.2) is 6.56 Å². The molecule has 1 fully saturated rings. The van der Waals surface area contributed by atoms with Gasteiger partial charge in [0, 0.05) is 0 Å². The van der Waals surface area contributed by atoms with Crippen molar-refractivity contribution in [1.82, 2.24) is 0 Å². The molecule has 19 heavy (non-hydrogen) atoms. The van der Waals surface area contributed by atoms with E-state index in [9.17, 15) is 0 Å². The van der Waals surface area contributed by atoms with Crippen LogP contribution in [0.5, 0.6) is 0 Å². The van der Waals surface area contributed by atoms with Crippen molar-refractivity contribution in [2.75, 3.05) is 0 Å². The molecule has 3 unspecified atom stereocenters. The van der Waals surface area contributed by atoms with E-state index in [1.807, 2.05) is 0 Å². The summed E-state index contributed by atoms with van der Waals surface area (Å²) < 4.78 is 0. The normalized spacial score (nSPS) is 28.7. The van der Waals surface area contributed by atoms with E-state index in [-0.39, 0.29) is 0 Å².